The summed E-state index contributed by atoms with van der Waals surface area (Å²) < 4.78 is 42.5. The number of amides is 1. The number of alkyl halides is 3. The smallest absolute Gasteiger partial charge is 0.365 e. The van der Waals surface area contributed by atoms with E-state index in [1.54, 1.807) is 17.9 Å². The third kappa shape index (κ3) is 3.96. The monoisotopic (exact) mass is 433 g/mol. The number of allylic oxidation sites excluding steroid dienone is 1. The van der Waals surface area contributed by atoms with Crippen LogP contribution in [0.25, 0.3) is 0 Å². The second-order valence-electron chi connectivity index (χ2n) is 8.41. The average molecular weight is 433 g/mol. The summed E-state index contributed by atoms with van der Waals surface area (Å²) in [5, 5.41) is 12.8. The number of fused-ring (bicyclic) bond motifs is 2. The number of aryl methyl sites for hydroxylation is 1. The molecule has 11 heteroatoms. The van der Waals surface area contributed by atoms with Crippen molar-refractivity contribution in [2.45, 2.75) is 37.5 Å². The lowest BCUT2D eigenvalue weighted by Gasteiger charge is -2.29. The molecular weight excluding hydrogens is 411 g/mol. The van der Waals surface area contributed by atoms with Gasteiger partial charge in [0, 0.05) is 31.5 Å². The minimum absolute atomic E-state index is 0.0150. The first-order chi connectivity index (χ1) is 14.8. The molecule has 3 aliphatic rings. The van der Waals surface area contributed by atoms with E-state index in [-0.39, 0.29) is 35.6 Å². The predicted octanol–water partition coefficient (Wildman–Crippen LogP) is 2.85. The molecular formula is C20H22F3N7O. The van der Waals surface area contributed by atoms with Crippen molar-refractivity contribution >= 4 is 23.4 Å². The molecule has 31 heavy (non-hydrogen) atoms. The fraction of sp³-hybridized carbons (Fsp3) is 0.500. The van der Waals surface area contributed by atoms with E-state index >= 15 is 0 Å². The molecule has 3 aliphatic carbocycles. The maximum absolute atomic E-state index is 13.7. The Morgan fingerprint density at radius 2 is 1.97 bits per heavy atom. The standard InChI is InChI=1S/C20H22F3N7O/c1-30-9-13(7-25-30)27-19-24-8-14(20(21,22)23)17(29-19)28-16-11-3-2-10(6-11)15(16)18(31)26-12-4-5-12/h2-3,7-12,15-16H,4-6H2,1H3,(H,26,31)(H2,24,27,28,29)/t10-,11+,15+,16-/m0/s1. The van der Waals surface area contributed by atoms with Gasteiger partial charge < -0.3 is 16.0 Å². The molecule has 2 aromatic rings. The van der Waals surface area contributed by atoms with E-state index < -0.39 is 23.7 Å². The van der Waals surface area contributed by atoms with Gasteiger partial charge >= 0.3 is 6.18 Å². The Morgan fingerprint density at radius 3 is 2.65 bits per heavy atom. The zero-order valence-electron chi connectivity index (χ0n) is 16.7. The number of carbonyl (C=O) groups excluding carboxylic acids is 1. The summed E-state index contributed by atoms with van der Waals surface area (Å²) >= 11 is 0. The first-order valence-corrected chi connectivity index (χ1v) is 10.2. The van der Waals surface area contributed by atoms with Gasteiger partial charge in [-0.05, 0) is 31.1 Å². The number of nitrogens with zero attached hydrogens (tertiary/aromatic N) is 4. The second-order valence-corrected chi connectivity index (χ2v) is 8.41. The molecule has 0 unspecified atom stereocenters. The van der Waals surface area contributed by atoms with Gasteiger partial charge in [-0.2, -0.15) is 23.3 Å². The van der Waals surface area contributed by atoms with Gasteiger partial charge in [-0.1, -0.05) is 12.2 Å². The minimum Gasteiger partial charge on any atom is -0.365 e. The van der Waals surface area contributed by atoms with E-state index in [9.17, 15) is 18.0 Å². The number of hydrogen-bond donors (Lipinski definition) is 3. The summed E-state index contributed by atoms with van der Waals surface area (Å²) in [5.41, 5.74) is -0.407. The molecule has 0 spiro atoms. The van der Waals surface area contributed by atoms with Crippen LogP contribution in [0.4, 0.5) is 30.6 Å². The Kier molecular flexibility index (Phi) is 4.63. The van der Waals surface area contributed by atoms with Crippen molar-refractivity contribution in [3.8, 4) is 0 Å². The van der Waals surface area contributed by atoms with Crippen molar-refractivity contribution in [3.63, 3.8) is 0 Å². The Bertz CT molecular complexity index is 1030. The molecule has 5 rings (SSSR count). The lowest BCUT2D eigenvalue weighted by Crippen LogP contribution is -2.44. The highest BCUT2D eigenvalue weighted by Crippen LogP contribution is 2.46. The topological polar surface area (TPSA) is 96.8 Å². The van der Waals surface area contributed by atoms with Gasteiger partial charge in [0.1, 0.15) is 11.4 Å². The van der Waals surface area contributed by atoms with Gasteiger partial charge in [0.05, 0.1) is 17.8 Å². The van der Waals surface area contributed by atoms with Gasteiger partial charge in [-0.3, -0.25) is 9.48 Å². The largest absolute Gasteiger partial charge is 0.421 e. The third-order valence-electron chi connectivity index (χ3n) is 6.04. The Hall–Kier alpha value is -3.11. The zero-order chi connectivity index (χ0) is 21.8. The molecule has 0 aliphatic heterocycles. The molecule has 2 saturated carbocycles. The fourth-order valence-electron chi connectivity index (χ4n) is 4.43. The number of anilines is 3. The molecule has 0 radical (unpaired) electrons. The molecule has 0 saturated heterocycles. The lowest BCUT2D eigenvalue weighted by atomic mass is 9.88. The molecule has 0 aromatic carbocycles. The fourth-order valence-corrected chi connectivity index (χ4v) is 4.43. The lowest BCUT2D eigenvalue weighted by molar-refractivity contribution is -0.137. The molecule has 2 aromatic heterocycles. The number of halogens is 3. The van der Waals surface area contributed by atoms with Gasteiger partial charge in [0.15, 0.2) is 0 Å². The molecule has 4 atom stereocenters. The summed E-state index contributed by atoms with van der Waals surface area (Å²) in [7, 11) is 1.72. The van der Waals surface area contributed by atoms with E-state index in [1.807, 2.05) is 12.2 Å². The van der Waals surface area contributed by atoms with Crippen LogP contribution in [0.15, 0.2) is 30.7 Å². The normalized spacial score (nSPS) is 26.8. The number of aromatic nitrogens is 4. The first kappa shape index (κ1) is 19.8. The van der Waals surface area contributed by atoms with Crippen LogP contribution >= 0.6 is 0 Å². The number of rotatable bonds is 6. The molecule has 2 fully saturated rings. The molecule has 2 bridgehead atoms. The highest BCUT2D eigenvalue weighted by atomic mass is 19.4. The quantitative estimate of drug-likeness (QED) is 0.607. The second kappa shape index (κ2) is 7.24. The molecule has 3 N–H and O–H groups in total. The zero-order valence-corrected chi connectivity index (χ0v) is 16.7. The van der Waals surface area contributed by atoms with Crippen molar-refractivity contribution in [3.05, 3.63) is 36.3 Å². The molecule has 1 amide bonds. The summed E-state index contributed by atoms with van der Waals surface area (Å²) in [6.45, 7) is 0. The van der Waals surface area contributed by atoms with Crippen molar-refractivity contribution in [1.82, 2.24) is 25.1 Å². The summed E-state index contributed by atoms with van der Waals surface area (Å²) in [5.74, 6) is -0.851. The van der Waals surface area contributed by atoms with Gasteiger partial charge in [0.25, 0.3) is 0 Å². The first-order valence-electron chi connectivity index (χ1n) is 10.2. The van der Waals surface area contributed by atoms with Crippen LogP contribution in [0, 0.1) is 17.8 Å². The summed E-state index contributed by atoms with van der Waals surface area (Å²) in [6.07, 6.45) is 5.94. The van der Waals surface area contributed by atoms with Crippen LogP contribution < -0.4 is 16.0 Å². The van der Waals surface area contributed by atoms with Crippen molar-refractivity contribution in [2.24, 2.45) is 24.8 Å². The highest BCUT2D eigenvalue weighted by molar-refractivity contribution is 5.82. The van der Waals surface area contributed by atoms with E-state index in [2.05, 4.69) is 31.0 Å². The van der Waals surface area contributed by atoms with Gasteiger partial charge in [-0.15, -0.1) is 0 Å². The summed E-state index contributed by atoms with van der Waals surface area (Å²) in [4.78, 5) is 20.8. The third-order valence-corrected chi connectivity index (χ3v) is 6.04. The maximum atomic E-state index is 13.7. The van der Waals surface area contributed by atoms with Crippen molar-refractivity contribution in [1.29, 1.82) is 0 Å². The van der Waals surface area contributed by atoms with Gasteiger partial charge in [0.2, 0.25) is 11.9 Å². The van der Waals surface area contributed by atoms with Crippen molar-refractivity contribution in [2.75, 3.05) is 10.6 Å². The SMILES string of the molecule is Cn1cc(Nc2ncc(C(F)(F)F)c(N[C@@H]3[C@H](C(=O)NC4CC4)[C@H]4C=C[C@@H]3C4)n2)cn1. The molecule has 164 valence electrons. The van der Waals surface area contributed by atoms with E-state index in [4.69, 9.17) is 0 Å². The van der Waals surface area contributed by atoms with Crippen LogP contribution in [0.3, 0.4) is 0 Å². The number of hydrogen-bond acceptors (Lipinski definition) is 6. The van der Waals surface area contributed by atoms with Crippen LogP contribution in [0.1, 0.15) is 24.8 Å². The maximum Gasteiger partial charge on any atom is 0.421 e. The Balaban J connectivity index is 1.43. The van der Waals surface area contributed by atoms with E-state index in [0.717, 1.165) is 25.5 Å². The van der Waals surface area contributed by atoms with E-state index in [0.29, 0.717) is 5.69 Å². The van der Waals surface area contributed by atoms with E-state index in [1.165, 1.54) is 6.20 Å². The average Bonchev–Trinajstić information content (AvgIpc) is 3.08. The van der Waals surface area contributed by atoms with Crippen molar-refractivity contribution < 1.29 is 18.0 Å². The van der Waals surface area contributed by atoms with Crippen LogP contribution in [-0.2, 0) is 18.0 Å². The van der Waals surface area contributed by atoms with Crippen LogP contribution in [0.2, 0.25) is 0 Å². The van der Waals surface area contributed by atoms with Crippen LogP contribution in [0.5, 0.6) is 0 Å². The molecule has 2 heterocycles. The number of carbonyl (C=O) groups is 1. The van der Waals surface area contributed by atoms with Gasteiger partial charge in [-0.25, -0.2) is 4.98 Å². The van der Waals surface area contributed by atoms with Crippen LogP contribution in [-0.4, -0.2) is 37.7 Å². The Morgan fingerprint density at radius 1 is 1.19 bits per heavy atom. The number of nitrogens with one attached hydrogen (secondary N) is 3. The Labute approximate surface area is 176 Å². The highest BCUT2D eigenvalue weighted by Gasteiger charge is 2.50. The minimum atomic E-state index is -4.63. The molecule has 8 nitrogen and oxygen atoms in total. The predicted molar refractivity (Wildman–Crippen MR) is 106 cm³/mol. The summed E-state index contributed by atoms with van der Waals surface area (Å²) in [6, 6.07) is -0.271.